The molecule has 0 aromatic rings. The fraction of sp³-hybridized carbons (Fsp3) is 1.00. The molecule has 0 radical (unpaired) electrons. The average molecular weight is 226 g/mol. The van der Waals surface area contributed by atoms with E-state index in [0.717, 1.165) is 25.2 Å². The fourth-order valence-electron chi connectivity index (χ4n) is 3.09. The first kappa shape index (κ1) is 12.3. The van der Waals surface area contributed by atoms with E-state index >= 15 is 0 Å². The van der Waals surface area contributed by atoms with Crippen LogP contribution in [0.4, 0.5) is 0 Å². The summed E-state index contributed by atoms with van der Waals surface area (Å²) in [5.74, 6) is 0. The Kier molecular flexibility index (Phi) is 4.62. The molecule has 16 heavy (non-hydrogen) atoms. The topological polar surface area (TPSA) is 24.5 Å². The second-order valence-electron chi connectivity index (χ2n) is 5.38. The number of nitrogens with one attached hydrogen (secondary N) is 1. The molecular formula is C13H26N2O. The van der Waals surface area contributed by atoms with E-state index in [2.05, 4.69) is 24.3 Å². The largest absolute Gasteiger partial charge is 0.377 e. The van der Waals surface area contributed by atoms with Crippen LogP contribution in [0.2, 0.25) is 0 Å². The standard InChI is InChI=1S/C13H26N2O/c1-14-11-5-3-6-12(9-11)15(2)10-13-7-4-8-16-13/h11-14H,3-10H2,1-2H3. The van der Waals surface area contributed by atoms with Gasteiger partial charge in [0, 0.05) is 25.2 Å². The molecule has 0 spiro atoms. The molecule has 3 heteroatoms. The van der Waals surface area contributed by atoms with Crippen LogP contribution in [0, 0.1) is 0 Å². The Morgan fingerprint density at radius 2 is 2.12 bits per heavy atom. The first-order chi connectivity index (χ1) is 7.79. The van der Waals surface area contributed by atoms with Crippen LogP contribution in [0.5, 0.6) is 0 Å². The van der Waals surface area contributed by atoms with Crippen LogP contribution in [0.1, 0.15) is 38.5 Å². The summed E-state index contributed by atoms with van der Waals surface area (Å²) in [6.07, 6.45) is 8.39. The number of nitrogens with zero attached hydrogens (tertiary/aromatic N) is 1. The molecule has 3 atom stereocenters. The number of hydrogen-bond acceptors (Lipinski definition) is 3. The van der Waals surface area contributed by atoms with Gasteiger partial charge < -0.3 is 15.0 Å². The van der Waals surface area contributed by atoms with Crippen LogP contribution >= 0.6 is 0 Å². The zero-order valence-electron chi connectivity index (χ0n) is 10.7. The van der Waals surface area contributed by atoms with Gasteiger partial charge >= 0.3 is 0 Å². The zero-order valence-corrected chi connectivity index (χ0v) is 10.7. The smallest absolute Gasteiger partial charge is 0.0702 e. The van der Waals surface area contributed by atoms with E-state index in [1.165, 1.54) is 38.5 Å². The van der Waals surface area contributed by atoms with Gasteiger partial charge in [-0.05, 0) is 46.2 Å². The van der Waals surface area contributed by atoms with Crippen LogP contribution in [0.3, 0.4) is 0 Å². The van der Waals surface area contributed by atoms with E-state index in [1.807, 2.05) is 0 Å². The van der Waals surface area contributed by atoms with Crippen LogP contribution in [0.25, 0.3) is 0 Å². The Balaban J connectivity index is 1.76. The van der Waals surface area contributed by atoms with Crippen molar-refractivity contribution >= 4 is 0 Å². The van der Waals surface area contributed by atoms with Crippen molar-refractivity contribution in [1.29, 1.82) is 0 Å². The quantitative estimate of drug-likeness (QED) is 0.788. The highest BCUT2D eigenvalue weighted by Crippen LogP contribution is 2.23. The molecule has 1 saturated carbocycles. The molecule has 2 fully saturated rings. The molecule has 94 valence electrons. The van der Waals surface area contributed by atoms with Gasteiger partial charge in [-0.3, -0.25) is 0 Å². The van der Waals surface area contributed by atoms with Crippen molar-refractivity contribution < 1.29 is 4.74 Å². The SMILES string of the molecule is CNC1CCCC(N(C)CC2CCCO2)C1. The predicted octanol–water partition coefficient (Wildman–Crippen LogP) is 1.63. The normalized spacial score (nSPS) is 35.8. The average Bonchev–Trinajstić information content (AvgIpc) is 2.82. The Morgan fingerprint density at radius 3 is 2.81 bits per heavy atom. The molecule has 0 aromatic heterocycles. The summed E-state index contributed by atoms with van der Waals surface area (Å²) in [6, 6.07) is 1.49. The van der Waals surface area contributed by atoms with Crippen LogP contribution in [0.15, 0.2) is 0 Å². The summed E-state index contributed by atoms with van der Waals surface area (Å²) in [5.41, 5.74) is 0. The maximum atomic E-state index is 5.71. The molecule has 0 amide bonds. The van der Waals surface area contributed by atoms with Crippen LogP contribution in [-0.2, 0) is 4.74 Å². The molecule has 1 heterocycles. The maximum absolute atomic E-state index is 5.71. The highest BCUT2D eigenvalue weighted by Gasteiger charge is 2.26. The van der Waals surface area contributed by atoms with E-state index in [9.17, 15) is 0 Å². The number of likely N-dealkylation sites (N-methyl/N-ethyl adjacent to an activating group) is 1. The highest BCUT2D eigenvalue weighted by atomic mass is 16.5. The monoisotopic (exact) mass is 226 g/mol. The van der Waals surface area contributed by atoms with E-state index in [-0.39, 0.29) is 0 Å². The number of ether oxygens (including phenoxy) is 1. The van der Waals surface area contributed by atoms with Crippen molar-refractivity contribution in [3.05, 3.63) is 0 Å². The second-order valence-corrected chi connectivity index (χ2v) is 5.38. The van der Waals surface area contributed by atoms with Gasteiger partial charge in [0.25, 0.3) is 0 Å². The molecule has 2 aliphatic rings. The summed E-state index contributed by atoms with van der Waals surface area (Å²) < 4.78 is 5.71. The van der Waals surface area contributed by atoms with E-state index in [0.29, 0.717) is 6.10 Å². The molecule has 2 rings (SSSR count). The lowest BCUT2D eigenvalue weighted by Crippen LogP contribution is -2.44. The van der Waals surface area contributed by atoms with E-state index in [4.69, 9.17) is 4.74 Å². The highest BCUT2D eigenvalue weighted by molar-refractivity contribution is 4.83. The van der Waals surface area contributed by atoms with Crippen molar-refractivity contribution in [2.45, 2.75) is 56.7 Å². The first-order valence-corrected chi connectivity index (χ1v) is 6.78. The maximum Gasteiger partial charge on any atom is 0.0702 e. The Hall–Kier alpha value is -0.120. The Morgan fingerprint density at radius 1 is 1.25 bits per heavy atom. The fourth-order valence-corrected chi connectivity index (χ4v) is 3.09. The third-order valence-corrected chi connectivity index (χ3v) is 4.19. The summed E-state index contributed by atoms with van der Waals surface area (Å²) in [7, 11) is 4.36. The molecular weight excluding hydrogens is 200 g/mol. The number of rotatable bonds is 4. The molecule has 1 N–H and O–H groups in total. The van der Waals surface area contributed by atoms with Crippen molar-refractivity contribution in [3.8, 4) is 0 Å². The Bertz CT molecular complexity index is 204. The molecule has 0 aromatic carbocycles. The summed E-state index contributed by atoms with van der Waals surface area (Å²) in [4.78, 5) is 2.53. The molecule has 0 bridgehead atoms. The molecule has 3 unspecified atom stereocenters. The minimum absolute atomic E-state index is 0.500. The minimum atomic E-state index is 0.500. The lowest BCUT2D eigenvalue weighted by atomic mass is 9.90. The van der Waals surface area contributed by atoms with Gasteiger partial charge in [0.2, 0.25) is 0 Å². The molecule has 1 aliphatic heterocycles. The molecule has 1 aliphatic carbocycles. The van der Waals surface area contributed by atoms with Crippen LogP contribution in [-0.4, -0.2) is 50.3 Å². The predicted molar refractivity (Wildman–Crippen MR) is 66.7 cm³/mol. The molecule has 1 saturated heterocycles. The lowest BCUT2D eigenvalue weighted by molar-refractivity contribution is 0.0581. The third kappa shape index (κ3) is 3.19. The minimum Gasteiger partial charge on any atom is -0.377 e. The van der Waals surface area contributed by atoms with Gasteiger partial charge in [-0.1, -0.05) is 6.42 Å². The van der Waals surface area contributed by atoms with Crippen molar-refractivity contribution in [3.63, 3.8) is 0 Å². The lowest BCUT2D eigenvalue weighted by Gasteiger charge is -2.36. The van der Waals surface area contributed by atoms with Gasteiger partial charge in [-0.25, -0.2) is 0 Å². The second kappa shape index (κ2) is 5.99. The van der Waals surface area contributed by atoms with Gasteiger partial charge in [0.05, 0.1) is 6.10 Å². The summed E-state index contributed by atoms with van der Waals surface area (Å²) in [6.45, 7) is 2.10. The van der Waals surface area contributed by atoms with Crippen molar-refractivity contribution in [2.75, 3.05) is 27.2 Å². The van der Waals surface area contributed by atoms with Crippen molar-refractivity contribution in [2.24, 2.45) is 0 Å². The van der Waals surface area contributed by atoms with Crippen molar-refractivity contribution in [1.82, 2.24) is 10.2 Å². The summed E-state index contributed by atoms with van der Waals surface area (Å²) >= 11 is 0. The first-order valence-electron chi connectivity index (χ1n) is 6.78. The summed E-state index contributed by atoms with van der Waals surface area (Å²) in [5, 5.41) is 3.42. The van der Waals surface area contributed by atoms with Gasteiger partial charge in [0.1, 0.15) is 0 Å². The number of hydrogen-bond donors (Lipinski definition) is 1. The molecule has 3 nitrogen and oxygen atoms in total. The zero-order chi connectivity index (χ0) is 11.4. The Labute approximate surface area is 99.5 Å². The van der Waals surface area contributed by atoms with Crippen LogP contribution < -0.4 is 5.32 Å². The van der Waals surface area contributed by atoms with Gasteiger partial charge in [-0.2, -0.15) is 0 Å². The van der Waals surface area contributed by atoms with Gasteiger partial charge in [-0.15, -0.1) is 0 Å². The third-order valence-electron chi connectivity index (χ3n) is 4.19. The van der Waals surface area contributed by atoms with E-state index in [1.54, 1.807) is 0 Å². The van der Waals surface area contributed by atoms with E-state index < -0.39 is 0 Å². The van der Waals surface area contributed by atoms with Gasteiger partial charge in [0.15, 0.2) is 0 Å².